The fourth-order valence-corrected chi connectivity index (χ4v) is 1.59. The van der Waals surface area contributed by atoms with Crippen LogP contribution in [0.2, 0.25) is 0 Å². The van der Waals surface area contributed by atoms with Crippen LogP contribution in [-0.2, 0) is 4.84 Å². The first kappa shape index (κ1) is 11.2. The summed E-state index contributed by atoms with van der Waals surface area (Å²) < 4.78 is 0. The third-order valence-corrected chi connectivity index (χ3v) is 2.40. The average molecular weight is 224 g/mol. The van der Waals surface area contributed by atoms with Crippen molar-refractivity contribution in [3.63, 3.8) is 0 Å². The van der Waals surface area contributed by atoms with Crippen LogP contribution >= 0.6 is 0 Å². The first-order chi connectivity index (χ1) is 8.35. The van der Waals surface area contributed by atoms with E-state index in [-0.39, 0.29) is 0 Å². The lowest BCUT2D eigenvalue weighted by molar-refractivity contribution is 0.201. The second-order valence-electron chi connectivity index (χ2n) is 3.47. The Kier molecular flexibility index (Phi) is 3.39. The van der Waals surface area contributed by atoms with Crippen molar-refractivity contribution in [1.29, 1.82) is 5.26 Å². The summed E-state index contributed by atoms with van der Waals surface area (Å²) in [6.45, 7) is 0. The molecule has 0 aromatic heterocycles. The van der Waals surface area contributed by atoms with E-state index in [0.29, 0.717) is 5.56 Å². The van der Waals surface area contributed by atoms with Crippen molar-refractivity contribution in [2.75, 3.05) is 12.2 Å². The molecule has 0 aliphatic heterocycles. The molecule has 0 bridgehead atoms. The monoisotopic (exact) mass is 224 g/mol. The zero-order valence-electron chi connectivity index (χ0n) is 9.50. The molecule has 0 heterocycles. The summed E-state index contributed by atoms with van der Waals surface area (Å²) in [5.74, 6) is 0. The Balaban J connectivity index is 2.33. The summed E-state index contributed by atoms with van der Waals surface area (Å²) in [6.07, 6.45) is 0. The molecule has 0 saturated heterocycles. The second-order valence-corrected chi connectivity index (χ2v) is 3.47. The molecule has 3 heteroatoms. The van der Waals surface area contributed by atoms with Gasteiger partial charge in [-0.05, 0) is 36.4 Å². The summed E-state index contributed by atoms with van der Waals surface area (Å²) in [7, 11) is 1.62. The van der Waals surface area contributed by atoms with Gasteiger partial charge in [-0.1, -0.05) is 18.2 Å². The normalized spacial score (nSPS) is 9.65. The maximum absolute atomic E-state index is 8.75. The number of para-hydroxylation sites is 1. The highest BCUT2D eigenvalue weighted by molar-refractivity contribution is 5.61. The van der Waals surface area contributed by atoms with Gasteiger partial charge < -0.3 is 0 Å². The van der Waals surface area contributed by atoms with Crippen LogP contribution in [0.5, 0.6) is 0 Å². The Bertz CT molecular complexity index is 514. The molecule has 0 fully saturated rings. The van der Waals surface area contributed by atoms with Gasteiger partial charge in [0, 0.05) is 0 Å². The minimum Gasteiger partial charge on any atom is -0.272 e. The number of hydrogen-bond donors (Lipinski definition) is 0. The standard InChI is InChI=1S/C14H12N2O/c1-17-16(13-5-3-2-4-6-13)14-9-7-12(11-15)8-10-14/h2-10H,1H3. The van der Waals surface area contributed by atoms with E-state index in [2.05, 4.69) is 6.07 Å². The maximum atomic E-state index is 8.75. The average Bonchev–Trinajstić information content (AvgIpc) is 2.42. The summed E-state index contributed by atoms with van der Waals surface area (Å²) in [4.78, 5) is 5.35. The first-order valence-corrected chi connectivity index (χ1v) is 5.24. The molecular formula is C14H12N2O. The summed E-state index contributed by atoms with van der Waals surface area (Å²) in [6, 6.07) is 19.1. The SMILES string of the molecule is CON(c1ccccc1)c1ccc(C#N)cc1. The fourth-order valence-electron chi connectivity index (χ4n) is 1.59. The van der Waals surface area contributed by atoms with E-state index in [9.17, 15) is 0 Å². The lowest BCUT2D eigenvalue weighted by atomic mass is 10.2. The van der Waals surface area contributed by atoms with Crippen LogP contribution in [0.4, 0.5) is 11.4 Å². The van der Waals surface area contributed by atoms with Gasteiger partial charge in [0.15, 0.2) is 0 Å². The van der Waals surface area contributed by atoms with Crippen molar-refractivity contribution in [3.8, 4) is 6.07 Å². The zero-order valence-corrected chi connectivity index (χ0v) is 9.50. The minimum atomic E-state index is 0.637. The van der Waals surface area contributed by atoms with E-state index >= 15 is 0 Å². The molecule has 0 unspecified atom stereocenters. The molecule has 17 heavy (non-hydrogen) atoms. The predicted molar refractivity (Wildman–Crippen MR) is 66.7 cm³/mol. The van der Waals surface area contributed by atoms with Crippen molar-refractivity contribution in [1.82, 2.24) is 0 Å². The molecule has 0 aliphatic rings. The minimum absolute atomic E-state index is 0.637. The molecule has 0 N–H and O–H groups in total. The highest BCUT2D eigenvalue weighted by atomic mass is 16.7. The van der Waals surface area contributed by atoms with E-state index in [1.807, 2.05) is 42.5 Å². The van der Waals surface area contributed by atoms with E-state index in [1.165, 1.54) is 0 Å². The van der Waals surface area contributed by atoms with Crippen molar-refractivity contribution in [2.24, 2.45) is 0 Å². The summed E-state index contributed by atoms with van der Waals surface area (Å²) in [5, 5.41) is 10.5. The predicted octanol–water partition coefficient (Wildman–Crippen LogP) is 3.26. The van der Waals surface area contributed by atoms with Gasteiger partial charge >= 0.3 is 0 Å². The van der Waals surface area contributed by atoms with Gasteiger partial charge in [0.05, 0.1) is 30.1 Å². The van der Waals surface area contributed by atoms with E-state index in [4.69, 9.17) is 10.1 Å². The van der Waals surface area contributed by atoms with Gasteiger partial charge in [-0.3, -0.25) is 4.84 Å². The molecule has 0 spiro atoms. The highest BCUT2D eigenvalue weighted by Crippen LogP contribution is 2.24. The van der Waals surface area contributed by atoms with Gasteiger partial charge in [-0.25, -0.2) is 5.06 Å². The van der Waals surface area contributed by atoms with Crippen LogP contribution in [0.25, 0.3) is 0 Å². The van der Waals surface area contributed by atoms with Crippen LogP contribution in [0.1, 0.15) is 5.56 Å². The Morgan fingerprint density at radius 1 is 0.941 bits per heavy atom. The number of anilines is 2. The molecule has 2 aromatic carbocycles. The van der Waals surface area contributed by atoms with E-state index < -0.39 is 0 Å². The Hall–Kier alpha value is -2.31. The smallest absolute Gasteiger partial charge is 0.0991 e. The van der Waals surface area contributed by atoms with Crippen molar-refractivity contribution in [3.05, 3.63) is 60.2 Å². The van der Waals surface area contributed by atoms with Crippen molar-refractivity contribution < 1.29 is 4.84 Å². The highest BCUT2D eigenvalue weighted by Gasteiger charge is 2.07. The molecule has 0 aliphatic carbocycles. The molecule has 3 nitrogen and oxygen atoms in total. The number of rotatable bonds is 3. The van der Waals surface area contributed by atoms with Gasteiger partial charge in [0.2, 0.25) is 0 Å². The molecule has 0 amide bonds. The second kappa shape index (κ2) is 5.15. The molecule has 2 rings (SSSR count). The van der Waals surface area contributed by atoms with Gasteiger partial charge in [-0.2, -0.15) is 5.26 Å². The van der Waals surface area contributed by atoms with Crippen LogP contribution in [-0.4, -0.2) is 7.11 Å². The number of benzene rings is 2. The molecule has 2 aromatic rings. The lowest BCUT2D eigenvalue weighted by Gasteiger charge is -2.21. The largest absolute Gasteiger partial charge is 0.272 e. The molecular weight excluding hydrogens is 212 g/mol. The maximum Gasteiger partial charge on any atom is 0.0991 e. The van der Waals surface area contributed by atoms with Crippen LogP contribution in [0.3, 0.4) is 0 Å². The summed E-state index contributed by atoms with van der Waals surface area (Å²) in [5.41, 5.74) is 2.47. The third kappa shape index (κ3) is 2.44. The van der Waals surface area contributed by atoms with Crippen LogP contribution in [0.15, 0.2) is 54.6 Å². The number of hydrogen-bond acceptors (Lipinski definition) is 3. The quantitative estimate of drug-likeness (QED) is 0.751. The van der Waals surface area contributed by atoms with Crippen molar-refractivity contribution >= 4 is 11.4 Å². The fraction of sp³-hybridized carbons (Fsp3) is 0.0714. The van der Waals surface area contributed by atoms with Gasteiger partial charge in [0.25, 0.3) is 0 Å². The number of nitriles is 1. The Labute approximate surface area is 100 Å². The molecule has 0 radical (unpaired) electrons. The third-order valence-electron chi connectivity index (χ3n) is 2.40. The first-order valence-electron chi connectivity index (χ1n) is 5.24. The number of nitrogens with zero attached hydrogens (tertiary/aromatic N) is 2. The summed E-state index contributed by atoms with van der Waals surface area (Å²) >= 11 is 0. The van der Waals surface area contributed by atoms with Gasteiger partial charge in [0.1, 0.15) is 0 Å². The Morgan fingerprint density at radius 2 is 1.53 bits per heavy atom. The molecule has 0 saturated carbocycles. The molecule has 84 valence electrons. The van der Waals surface area contributed by atoms with Crippen molar-refractivity contribution in [2.45, 2.75) is 0 Å². The molecule has 0 atom stereocenters. The van der Waals surface area contributed by atoms with E-state index in [0.717, 1.165) is 11.4 Å². The van der Waals surface area contributed by atoms with Crippen LogP contribution in [0, 0.1) is 11.3 Å². The Morgan fingerprint density at radius 3 is 2.06 bits per heavy atom. The van der Waals surface area contributed by atoms with Gasteiger partial charge in [-0.15, -0.1) is 0 Å². The van der Waals surface area contributed by atoms with E-state index in [1.54, 1.807) is 24.3 Å². The topological polar surface area (TPSA) is 36.3 Å². The zero-order chi connectivity index (χ0) is 12.1. The lowest BCUT2D eigenvalue weighted by Crippen LogP contribution is -2.14. The van der Waals surface area contributed by atoms with Crippen LogP contribution < -0.4 is 5.06 Å².